The zero-order valence-electron chi connectivity index (χ0n) is 10.8. The van der Waals surface area contributed by atoms with Crippen LogP contribution in [0, 0.1) is 11.6 Å². The number of aryl methyl sites for hydroxylation is 1. The maximum Gasteiger partial charge on any atom is 0.149 e. The first-order chi connectivity index (χ1) is 9.61. The summed E-state index contributed by atoms with van der Waals surface area (Å²) in [6.07, 6.45) is 2.77. The van der Waals surface area contributed by atoms with E-state index in [0.29, 0.717) is 5.69 Å². The molecule has 0 amide bonds. The molecule has 4 heteroatoms. The van der Waals surface area contributed by atoms with Crippen molar-refractivity contribution in [2.24, 2.45) is 0 Å². The first-order valence-corrected chi connectivity index (χ1v) is 7.40. The van der Waals surface area contributed by atoms with Crippen LogP contribution >= 0.6 is 15.9 Å². The summed E-state index contributed by atoms with van der Waals surface area (Å²) in [6.45, 7) is 0. The molecule has 2 aromatic rings. The van der Waals surface area contributed by atoms with E-state index in [4.69, 9.17) is 0 Å². The molecule has 0 spiro atoms. The summed E-state index contributed by atoms with van der Waals surface area (Å²) in [4.78, 5) is 0. The van der Waals surface area contributed by atoms with Gasteiger partial charge in [0, 0.05) is 16.6 Å². The van der Waals surface area contributed by atoms with E-state index in [2.05, 4.69) is 33.4 Å². The molecule has 0 saturated carbocycles. The highest BCUT2D eigenvalue weighted by atomic mass is 79.9. The molecule has 1 aliphatic rings. The Labute approximate surface area is 125 Å². The van der Waals surface area contributed by atoms with Crippen LogP contribution in [0.15, 0.2) is 40.9 Å². The Morgan fingerprint density at radius 2 is 1.90 bits per heavy atom. The van der Waals surface area contributed by atoms with Crippen LogP contribution in [0.3, 0.4) is 0 Å². The molecular weight excluding hydrogens is 324 g/mol. The standard InChI is InChI=1S/C16H14BrF2N/c17-12-3-1-11-8-14(5-2-10(11)7-12)20-16-6-4-13(18)9-15(16)19/h1,3-4,6-7,9,14,20H,2,5,8H2. The highest BCUT2D eigenvalue weighted by Crippen LogP contribution is 2.27. The van der Waals surface area contributed by atoms with Gasteiger partial charge in [-0.1, -0.05) is 22.0 Å². The smallest absolute Gasteiger partial charge is 0.149 e. The summed E-state index contributed by atoms with van der Waals surface area (Å²) in [5.74, 6) is -1.08. The largest absolute Gasteiger partial charge is 0.380 e. The summed E-state index contributed by atoms with van der Waals surface area (Å²) in [7, 11) is 0. The Bertz CT molecular complexity index is 642. The van der Waals surface area contributed by atoms with Crippen LogP contribution in [0.4, 0.5) is 14.5 Å². The summed E-state index contributed by atoms with van der Waals surface area (Å²) in [5, 5.41) is 3.18. The molecular formula is C16H14BrF2N. The van der Waals surface area contributed by atoms with Crippen molar-refractivity contribution in [3.05, 3.63) is 63.6 Å². The van der Waals surface area contributed by atoms with Crippen molar-refractivity contribution < 1.29 is 8.78 Å². The van der Waals surface area contributed by atoms with Crippen molar-refractivity contribution in [1.29, 1.82) is 0 Å². The molecule has 1 atom stereocenters. The fraction of sp³-hybridized carbons (Fsp3) is 0.250. The SMILES string of the molecule is Fc1ccc(NC2CCc3cc(Br)ccc3C2)c(F)c1. The van der Waals surface area contributed by atoms with Gasteiger partial charge in [0.25, 0.3) is 0 Å². The second-order valence-electron chi connectivity index (χ2n) is 5.12. The van der Waals surface area contributed by atoms with Crippen molar-refractivity contribution in [2.45, 2.75) is 25.3 Å². The van der Waals surface area contributed by atoms with Gasteiger partial charge in [-0.2, -0.15) is 0 Å². The molecule has 0 fully saturated rings. The molecule has 1 nitrogen and oxygen atoms in total. The molecule has 104 valence electrons. The van der Waals surface area contributed by atoms with E-state index < -0.39 is 11.6 Å². The van der Waals surface area contributed by atoms with Gasteiger partial charge in [0.15, 0.2) is 0 Å². The van der Waals surface area contributed by atoms with Gasteiger partial charge in [-0.15, -0.1) is 0 Å². The van der Waals surface area contributed by atoms with Crippen LogP contribution in [-0.4, -0.2) is 6.04 Å². The minimum atomic E-state index is -0.549. The van der Waals surface area contributed by atoms with E-state index in [1.165, 1.54) is 23.3 Å². The van der Waals surface area contributed by atoms with Crippen LogP contribution in [0.25, 0.3) is 0 Å². The maximum atomic E-state index is 13.6. The lowest BCUT2D eigenvalue weighted by Crippen LogP contribution is -2.27. The van der Waals surface area contributed by atoms with E-state index in [0.717, 1.165) is 29.8 Å². The van der Waals surface area contributed by atoms with Crippen LogP contribution in [0.5, 0.6) is 0 Å². The summed E-state index contributed by atoms with van der Waals surface area (Å²) >= 11 is 3.47. The van der Waals surface area contributed by atoms with Crippen LogP contribution in [0.1, 0.15) is 17.5 Å². The molecule has 0 heterocycles. The molecule has 20 heavy (non-hydrogen) atoms. The number of rotatable bonds is 2. The number of hydrogen-bond donors (Lipinski definition) is 1. The average Bonchev–Trinajstić information content (AvgIpc) is 2.42. The van der Waals surface area contributed by atoms with Gasteiger partial charge < -0.3 is 5.32 Å². The monoisotopic (exact) mass is 337 g/mol. The van der Waals surface area contributed by atoms with Crippen LogP contribution < -0.4 is 5.32 Å². The number of benzene rings is 2. The van der Waals surface area contributed by atoms with Gasteiger partial charge in [-0.3, -0.25) is 0 Å². The number of nitrogens with one attached hydrogen (secondary N) is 1. The molecule has 0 radical (unpaired) electrons. The van der Waals surface area contributed by atoms with Crippen molar-refractivity contribution in [2.75, 3.05) is 5.32 Å². The summed E-state index contributed by atoms with van der Waals surface area (Å²) in [6, 6.07) is 10.1. The Morgan fingerprint density at radius 1 is 1.05 bits per heavy atom. The molecule has 1 aliphatic carbocycles. The van der Waals surface area contributed by atoms with E-state index in [1.807, 2.05) is 6.07 Å². The van der Waals surface area contributed by atoms with Gasteiger partial charge in [0.1, 0.15) is 11.6 Å². The third-order valence-electron chi connectivity index (χ3n) is 3.69. The molecule has 3 rings (SSSR count). The molecule has 0 saturated heterocycles. The highest BCUT2D eigenvalue weighted by molar-refractivity contribution is 9.10. The van der Waals surface area contributed by atoms with Crippen LogP contribution in [0.2, 0.25) is 0 Å². The Balaban J connectivity index is 1.75. The third kappa shape index (κ3) is 2.85. The van der Waals surface area contributed by atoms with Crippen molar-refractivity contribution in [1.82, 2.24) is 0 Å². The van der Waals surface area contributed by atoms with E-state index in [9.17, 15) is 8.78 Å². The minimum Gasteiger partial charge on any atom is -0.380 e. The summed E-state index contributed by atoms with van der Waals surface area (Å²) < 4.78 is 27.6. The predicted octanol–water partition coefficient (Wildman–Crippen LogP) is 4.70. The van der Waals surface area contributed by atoms with Gasteiger partial charge in [-0.25, -0.2) is 8.78 Å². The zero-order chi connectivity index (χ0) is 14.1. The topological polar surface area (TPSA) is 12.0 Å². The van der Waals surface area contributed by atoms with Gasteiger partial charge >= 0.3 is 0 Å². The third-order valence-corrected chi connectivity index (χ3v) is 4.18. The average molecular weight is 338 g/mol. The lowest BCUT2D eigenvalue weighted by atomic mass is 9.88. The fourth-order valence-electron chi connectivity index (χ4n) is 2.67. The number of halogens is 3. The molecule has 2 aromatic carbocycles. The Kier molecular flexibility index (Phi) is 3.74. The predicted molar refractivity (Wildman–Crippen MR) is 79.9 cm³/mol. The van der Waals surface area contributed by atoms with E-state index in [1.54, 1.807) is 0 Å². The number of fused-ring (bicyclic) bond motifs is 1. The van der Waals surface area contributed by atoms with E-state index >= 15 is 0 Å². The first-order valence-electron chi connectivity index (χ1n) is 6.61. The van der Waals surface area contributed by atoms with Crippen molar-refractivity contribution >= 4 is 21.6 Å². The van der Waals surface area contributed by atoms with Crippen LogP contribution in [-0.2, 0) is 12.8 Å². The zero-order valence-corrected chi connectivity index (χ0v) is 12.4. The second-order valence-corrected chi connectivity index (χ2v) is 6.04. The maximum absolute atomic E-state index is 13.6. The lowest BCUT2D eigenvalue weighted by Gasteiger charge is -2.26. The van der Waals surface area contributed by atoms with Crippen molar-refractivity contribution in [3.63, 3.8) is 0 Å². The lowest BCUT2D eigenvalue weighted by molar-refractivity contribution is 0.573. The molecule has 0 aromatic heterocycles. The fourth-order valence-corrected chi connectivity index (χ4v) is 3.08. The van der Waals surface area contributed by atoms with Gasteiger partial charge in [0.2, 0.25) is 0 Å². The Morgan fingerprint density at radius 3 is 2.70 bits per heavy atom. The quantitative estimate of drug-likeness (QED) is 0.837. The number of anilines is 1. The van der Waals surface area contributed by atoms with Gasteiger partial charge in [-0.05, 0) is 54.7 Å². The first kappa shape index (κ1) is 13.6. The summed E-state index contributed by atoms with van der Waals surface area (Å²) in [5.41, 5.74) is 3.01. The van der Waals surface area contributed by atoms with E-state index in [-0.39, 0.29) is 6.04 Å². The second kappa shape index (κ2) is 5.52. The highest BCUT2D eigenvalue weighted by Gasteiger charge is 2.19. The van der Waals surface area contributed by atoms with Gasteiger partial charge in [0.05, 0.1) is 5.69 Å². The molecule has 0 bridgehead atoms. The number of hydrogen-bond acceptors (Lipinski definition) is 1. The minimum absolute atomic E-state index is 0.184. The normalized spacial score (nSPS) is 17.6. The molecule has 1 N–H and O–H groups in total. The molecule has 0 aliphatic heterocycles. The van der Waals surface area contributed by atoms with Crippen molar-refractivity contribution in [3.8, 4) is 0 Å². The molecule has 1 unspecified atom stereocenters. The Hall–Kier alpha value is -1.42.